The summed E-state index contributed by atoms with van der Waals surface area (Å²) in [5.74, 6) is -1.39. The van der Waals surface area contributed by atoms with Gasteiger partial charge in [-0.1, -0.05) is 0 Å². The fraction of sp³-hybridized carbons (Fsp3) is 0.818. The largest absolute Gasteiger partial charge is 0.481 e. The van der Waals surface area contributed by atoms with Crippen LogP contribution in [0.25, 0.3) is 0 Å². The fourth-order valence-corrected chi connectivity index (χ4v) is 3.00. The number of amides is 1. The van der Waals surface area contributed by atoms with Crippen LogP contribution in [0.15, 0.2) is 0 Å². The highest BCUT2D eigenvalue weighted by Gasteiger charge is 2.29. The summed E-state index contributed by atoms with van der Waals surface area (Å²) in [5, 5.41) is 11.3. The third-order valence-electron chi connectivity index (χ3n) is 3.16. The minimum Gasteiger partial charge on any atom is -0.481 e. The van der Waals surface area contributed by atoms with Crippen molar-refractivity contribution in [3.63, 3.8) is 0 Å². The number of nitrogens with zero attached hydrogens (tertiary/aromatic N) is 1. The number of carboxylic acid groups (broad SMARTS) is 1. The molecule has 0 aliphatic carbocycles. The van der Waals surface area contributed by atoms with E-state index < -0.39 is 22.0 Å². The zero-order chi connectivity index (χ0) is 14.6. The molecule has 0 aromatic carbocycles. The Balaban J connectivity index is 2.43. The number of aliphatic carboxylic acids is 1. The molecule has 1 aliphatic rings. The van der Waals surface area contributed by atoms with Gasteiger partial charge >= 0.3 is 5.97 Å². The molecule has 19 heavy (non-hydrogen) atoms. The number of nitrogens with one attached hydrogen (secondary N) is 1. The van der Waals surface area contributed by atoms with Gasteiger partial charge in [-0.3, -0.25) is 9.59 Å². The Labute approximate surface area is 113 Å². The third kappa shape index (κ3) is 5.15. The molecule has 1 atom stereocenters. The van der Waals surface area contributed by atoms with E-state index in [1.165, 1.54) is 4.31 Å². The zero-order valence-electron chi connectivity index (χ0n) is 11.1. The molecule has 0 saturated carbocycles. The van der Waals surface area contributed by atoms with Crippen LogP contribution in [-0.2, 0) is 19.6 Å². The summed E-state index contributed by atoms with van der Waals surface area (Å²) in [6.07, 6.45) is 1.98. The first-order valence-electron chi connectivity index (χ1n) is 6.17. The number of hydrogen-bond donors (Lipinski definition) is 2. The van der Waals surface area contributed by atoms with Gasteiger partial charge in [0.25, 0.3) is 0 Å². The smallest absolute Gasteiger partial charge is 0.305 e. The van der Waals surface area contributed by atoms with E-state index in [0.717, 1.165) is 6.26 Å². The van der Waals surface area contributed by atoms with Crippen LogP contribution in [0, 0.1) is 5.92 Å². The van der Waals surface area contributed by atoms with Crippen LogP contribution in [0.5, 0.6) is 0 Å². The summed E-state index contributed by atoms with van der Waals surface area (Å²) < 4.78 is 24.0. The van der Waals surface area contributed by atoms with Crippen molar-refractivity contribution in [2.75, 3.05) is 19.3 Å². The lowest BCUT2D eigenvalue weighted by Crippen LogP contribution is -2.44. The number of piperidine rings is 1. The Kier molecular flexibility index (Phi) is 5.30. The van der Waals surface area contributed by atoms with Crippen molar-refractivity contribution in [2.45, 2.75) is 32.2 Å². The molecule has 2 N–H and O–H groups in total. The highest BCUT2D eigenvalue weighted by Crippen LogP contribution is 2.19. The Morgan fingerprint density at radius 2 is 1.89 bits per heavy atom. The van der Waals surface area contributed by atoms with Gasteiger partial charge in [0.05, 0.1) is 12.7 Å². The first kappa shape index (κ1) is 15.9. The van der Waals surface area contributed by atoms with Crippen molar-refractivity contribution in [3.05, 3.63) is 0 Å². The molecular weight excluding hydrogens is 272 g/mol. The van der Waals surface area contributed by atoms with Gasteiger partial charge in [0, 0.05) is 25.0 Å². The second kappa shape index (κ2) is 6.33. The summed E-state index contributed by atoms with van der Waals surface area (Å²) in [4.78, 5) is 22.4. The maximum atomic E-state index is 11.9. The molecule has 0 aromatic rings. The van der Waals surface area contributed by atoms with Gasteiger partial charge in [-0.05, 0) is 19.8 Å². The van der Waals surface area contributed by atoms with Crippen LogP contribution in [0.3, 0.4) is 0 Å². The summed E-state index contributed by atoms with van der Waals surface area (Å²) in [5.41, 5.74) is 0. The van der Waals surface area contributed by atoms with E-state index in [-0.39, 0.29) is 18.2 Å². The molecule has 1 aliphatic heterocycles. The van der Waals surface area contributed by atoms with E-state index in [1.54, 1.807) is 6.92 Å². The molecular formula is C11H20N2O5S. The number of carboxylic acids is 1. The van der Waals surface area contributed by atoms with Gasteiger partial charge in [0.1, 0.15) is 0 Å². The topological polar surface area (TPSA) is 104 Å². The van der Waals surface area contributed by atoms with Crippen molar-refractivity contribution in [1.82, 2.24) is 9.62 Å². The predicted molar refractivity (Wildman–Crippen MR) is 69.0 cm³/mol. The van der Waals surface area contributed by atoms with Gasteiger partial charge in [0.15, 0.2) is 0 Å². The van der Waals surface area contributed by atoms with Crippen LogP contribution in [-0.4, -0.2) is 55.1 Å². The quantitative estimate of drug-likeness (QED) is 0.720. The van der Waals surface area contributed by atoms with E-state index >= 15 is 0 Å². The third-order valence-corrected chi connectivity index (χ3v) is 4.47. The molecule has 110 valence electrons. The van der Waals surface area contributed by atoms with E-state index in [2.05, 4.69) is 5.32 Å². The highest BCUT2D eigenvalue weighted by atomic mass is 32.2. The van der Waals surface area contributed by atoms with Crippen molar-refractivity contribution in [3.8, 4) is 0 Å². The van der Waals surface area contributed by atoms with Gasteiger partial charge in [0.2, 0.25) is 15.9 Å². The number of sulfonamides is 1. The van der Waals surface area contributed by atoms with Crippen LogP contribution < -0.4 is 5.32 Å². The summed E-state index contributed by atoms with van der Waals surface area (Å²) >= 11 is 0. The van der Waals surface area contributed by atoms with Crippen molar-refractivity contribution in [2.24, 2.45) is 5.92 Å². The zero-order valence-corrected chi connectivity index (χ0v) is 11.9. The lowest BCUT2D eigenvalue weighted by atomic mass is 9.97. The Morgan fingerprint density at radius 3 is 2.32 bits per heavy atom. The first-order chi connectivity index (χ1) is 8.70. The van der Waals surface area contributed by atoms with Gasteiger partial charge < -0.3 is 10.4 Å². The van der Waals surface area contributed by atoms with E-state index in [4.69, 9.17) is 5.11 Å². The lowest BCUT2D eigenvalue weighted by Gasteiger charge is -2.30. The monoisotopic (exact) mass is 292 g/mol. The molecule has 1 fully saturated rings. The molecule has 1 saturated heterocycles. The van der Waals surface area contributed by atoms with Crippen molar-refractivity contribution in [1.29, 1.82) is 0 Å². The lowest BCUT2D eigenvalue weighted by molar-refractivity contribution is -0.137. The van der Waals surface area contributed by atoms with E-state index in [0.29, 0.717) is 25.9 Å². The molecule has 7 nitrogen and oxygen atoms in total. The van der Waals surface area contributed by atoms with Crippen molar-refractivity contribution < 1.29 is 23.1 Å². The molecule has 1 heterocycles. The number of rotatable bonds is 5. The van der Waals surface area contributed by atoms with Crippen LogP contribution in [0.2, 0.25) is 0 Å². The summed E-state index contributed by atoms with van der Waals surface area (Å²) in [6.45, 7) is 2.31. The normalized spacial score (nSPS) is 19.9. The van der Waals surface area contributed by atoms with Crippen molar-refractivity contribution >= 4 is 21.9 Å². The number of carbonyl (C=O) groups excluding carboxylic acids is 1. The average Bonchev–Trinajstić information content (AvgIpc) is 2.26. The minimum atomic E-state index is -3.19. The molecule has 0 bridgehead atoms. The molecule has 1 unspecified atom stereocenters. The molecule has 0 spiro atoms. The Bertz CT molecular complexity index is 440. The van der Waals surface area contributed by atoms with Gasteiger partial charge in [-0.15, -0.1) is 0 Å². The standard InChI is InChI=1S/C11H20N2O5S/c1-8(7-10(14)15)12-11(16)9-3-5-13(6-4-9)19(2,17)18/h8-9H,3-7H2,1-2H3,(H,12,16)(H,14,15). The molecule has 1 amide bonds. The molecule has 1 rings (SSSR count). The summed E-state index contributed by atoms with van der Waals surface area (Å²) in [6, 6.07) is -0.419. The Morgan fingerprint density at radius 1 is 1.37 bits per heavy atom. The van der Waals surface area contributed by atoms with E-state index in [1.807, 2.05) is 0 Å². The van der Waals surface area contributed by atoms with Crippen LogP contribution in [0.1, 0.15) is 26.2 Å². The fourth-order valence-electron chi connectivity index (χ4n) is 2.12. The molecule has 0 radical (unpaired) electrons. The second-order valence-electron chi connectivity index (χ2n) is 4.94. The minimum absolute atomic E-state index is 0.117. The number of carbonyl (C=O) groups is 2. The first-order valence-corrected chi connectivity index (χ1v) is 8.02. The maximum absolute atomic E-state index is 11.9. The molecule has 8 heteroatoms. The Hall–Kier alpha value is -1.15. The average molecular weight is 292 g/mol. The predicted octanol–water partition coefficient (Wildman–Crippen LogP) is -0.363. The highest BCUT2D eigenvalue weighted by molar-refractivity contribution is 7.88. The SMILES string of the molecule is CC(CC(=O)O)NC(=O)C1CCN(S(C)(=O)=O)CC1. The molecule has 0 aromatic heterocycles. The van der Waals surface area contributed by atoms with Crippen LogP contribution >= 0.6 is 0 Å². The van der Waals surface area contributed by atoms with Crippen LogP contribution in [0.4, 0.5) is 0 Å². The second-order valence-corrected chi connectivity index (χ2v) is 6.93. The van der Waals surface area contributed by atoms with E-state index in [9.17, 15) is 18.0 Å². The number of hydrogen-bond acceptors (Lipinski definition) is 4. The summed E-state index contributed by atoms with van der Waals surface area (Å²) in [7, 11) is -3.19. The van der Waals surface area contributed by atoms with Gasteiger partial charge in [-0.2, -0.15) is 0 Å². The maximum Gasteiger partial charge on any atom is 0.305 e. The van der Waals surface area contributed by atoms with Gasteiger partial charge in [-0.25, -0.2) is 12.7 Å².